The molecular formula is C37H58N6O6S. The fourth-order valence-corrected chi connectivity index (χ4v) is 8.00. The zero-order chi connectivity index (χ0) is 36.1. The van der Waals surface area contributed by atoms with Crippen molar-refractivity contribution >= 4 is 27.0 Å². The number of hydrogen-bond donors (Lipinski definition) is 0. The highest BCUT2D eigenvalue weighted by Crippen LogP contribution is 2.34. The van der Waals surface area contributed by atoms with Gasteiger partial charge in [0.15, 0.2) is 11.3 Å². The number of hydrogen-bond acceptors (Lipinski definition) is 9. The molecule has 3 aromatic rings. The Kier molecular flexibility index (Phi) is 15.3. The number of sulfonamides is 1. The van der Waals surface area contributed by atoms with Crippen LogP contribution in [-0.2, 0) is 28.3 Å². The molecule has 0 amide bonds. The van der Waals surface area contributed by atoms with Crippen molar-refractivity contribution < 1.29 is 22.8 Å². The van der Waals surface area contributed by atoms with Crippen molar-refractivity contribution in [2.45, 2.75) is 122 Å². The molecule has 0 atom stereocenters. The van der Waals surface area contributed by atoms with Crippen LogP contribution >= 0.6 is 0 Å². The van der Waals surface area contributed by atoms with E-state index in [4.69, 9.17) is 9.57 Å². The molecule has 1 aliphatic heterocycles. The molecule has 4 rings (SSSR count). The smallest absolute Gasteiger partial charge is 0.333 e. The van der Waals surface area contributed by atoms with E-state index in [0.717, 1.165) is 25.7 Å². The Balaban J connectivity index is 1.59. The molecule has 12 nitrogen and oxygen atoms in total. The minimum absolute atomic E-state index is 0.00484. The Hall–Kier alpha value is -3.29. The summed E-state index contributed by atoms with van der Waals surface area (Å²) in [5.74, 6) is -0.145. The van der Waals surface area contributed by atoms with E-state index in [-0.39, 0.29) is 34.8 Å². The van der Waals surface area contributed by atoms with Crippen molar-refractivity contribution in [3.05, 3.63) is 34.2 Å². The molecule has 1 fully saturated rings. The van der Waals surface area contributed by atoms with Crippen molar-refractivity contribution in [2.24, 2.45) is 7.05 Å². The summed E-state index contributed by atoms with van der Waals surface area (Å²) < 4.78 is 37.7. The number of benzene rings is 1. The van der Waals surface area contributed by atoms with Crippen LogP contribution in [0.5, 0.6) is 5.75 Å². The summed E-state index contributed by atoms with van der Waals surface area (Å²) in [7, 11) is -0.240. The van der Waals surface area contributed by atoms with Crippen LogP contribution < -0.4 is 15.1 Å². The van der Waals surface area contributed by atoms with Crippen LogP contribution in [0.2, 0.25) is 0 Å². The third-order valence-electron chi connectivity index (χ3n) is 9.40. The second kappa shape index (κ2) is 19.4. The van der Waals surface area contributed by atoms with Gasteiger partial charge in [0, 0.05) is 39.6 Å². The van der Waals surface area contributed by atoms with E-state index in [0.29, 0.717) is 56.0 Å². The number of nitrogens with zero attached hydrogens (tertiary/aromatic N) is 6. The molecule has 1 aliphatic rings. The summed E-state index contributed by atoms with van der Waals surface area (Å²) in [5.41, 5.74) is 0.820. The first kappa shape index (κ1) is 39.5. The third-order valence-corrected chi connectivity index (χ3v) is 11.3. The van der Waals surface area contributed by atoms with Crippen LogP contribution in [0.3, 0.4) is 0 Å². The summed E-state index contributed by atoms with van der Waals surface area (Å²) in [6.07, 6.45) is 15.7. The molecule has 0 aliphatic carbocycles. The average molecular weight is 715 g/mol. The van der Waals surface area contributed by atoms with Crippen LogP contribution in [0.25, 0.3) is 22.4 Å². The van der Waals surface area contributed by atoms with Gasteiger partial charge in [-0.1, -0.05) is 90.9 Å². The molecule has 0 N–H and O–H groups in total. The standard InChI is InChI=1S/C37H58N6O6S/c1-6-9-10-11-12-13-14-15-16-17-18-19-21-33(44)49-43-34-31(20-7-2)39-41(5)35(34)37(45)38-36(43)30-28-29(22-23-32(30)48-8-3)50(46,47)42-26-24-40(4)25-27-42/h22-23,28H,6-21,24-27H2,1-5H3. The van der Waals surface area contributed by atoms with E-state index < -0.39 is 21.6 Å². The molecule has 50 heavy (non-hydrogen) atoms. The molecular weight excluding hydrogens is 657 g/mol. The van der Waals surface area contributed by atoms with Crippen LogP contribution in [0.4, 0.5) is 0 Å². The predicted molar refractivity (Wildman–Crippen MR) is 197 cm³/mol. The average Bonchev–Trinajstić information content (AvgIpc) is 3.43. The number of fused-ring (bicyclic) bond motifs is 1. The van der Waals surface area contributed by atoms with Crippen molar-refractivity contribution in [2.75, 3.05) is 39.8 Å². The molecule has 0 unspecified atom stereocenters. The molecule has 3 heterocycles. The summed E-state index contributed by atoms with van der Waals surface area (Å²) in [6, 6.07) is 4.56. The summed E-state index contributed by atoms with van der Waals surface area (Å²) in [5, 5.41) is 4.59. The van der Waals surface area contributed by atoms with Gasteiger partial charge in [0.2, 0.25) is 10.0 Å². The van der Waals surface area contributed by atoms with Gasteiger partial charge in [-0.2, -0.15) is 19.1 Å². The quantitative estimate of drug-likeness (QED) is 0.120. The van der Waals surface area contributed by atoms with Gasteiger partial charge in [0.25, 0.3) is 5.56 Å². The van der Waals surface area contributed by atoms with Crippen LogP contribution in [-0.4, -0.2) is 82.9 Å². The van der Waals surface area contributed by atoms with E-state index in [1.807, 2.05) is 20.9 Å². The first-order chi connectivity index (χ1) is 24.1. The maximum atomic E-state index is 13.8. The Morgan fingerprint density at radius 1 is 0.820 bits per heavy atom. The topological polar surface area (TPSA) is 129 Å². The fraction of sp³-hybridized carbons (Fsp3) is 0.676. The lowest BCUT2D eigenvalue weighted by Gasteiger charge is -2.31. The lowest BCUT2D eigenvalue weighted by molar-refractivity contribution is -0.143. The van der Waals surface area contributed by atoms with Gasteiger partial charge in [-0.3, -0.25) is 9.48 Å². The number of aromatic nitrogens is 4. The van der Waals surface area contributed by atoms with E-state index in [1.54, 1.807) is 13.1 Å². The highest BCUT2D eigenvalue weighted by molar-refractivity contribution is 7.89. The lowest BCUT2D eigenvalue weighted by atomic mass is 10.0. The second-order valence-corrected chi connectivity index (χ2v) is 15.4. The molecule has 0 saturated carbocycles. The number of carbonyl (C=O) groups is 1. The van der Waals surface area contributed by atoms with Crippen LogP contribution in [0, 0.1) is 0 Å². The normalized spacial score (nSPS) is 14.4. The van der Waals surface area contributed by atoms with Gasteiger partial charge in [0.05, 0.1) is 22.8 Å². The van der Waals surface area contributed by atoms with E-state index in [2.05, 4.69) is 21.9 Å². The number of rotatable bonds is 21. The van der Waals surface area contributed by atoms with Crippen molar-refractivity contribution in [1.82, 2.24) is 28.7 Å². The summed E-state index contributed by atoms with van der Waals surface area (Å²) >= 11 is 0. The van der Waals surface area contributed by atoms with Gasteiger partial charge < -0.3 is 14.5 Å². The Morgan fingerprint density at radius 3 is 2.04 bits per heavy atom. The van der Waals surface area contributed by atoms with Gasteiger partial charge in [-0.05, 0) is 45.0 Å². The fourth-order valence-electron chi connectivity index (χ4n) is 6.55. The zero-order valence-electron chi connectivity index (χ0n) is 30.9. The maximum absolute atomic E-state index is 13.8. The molecule has 0 radical (unpaired) electrons. The SMILES string of the molecule is CCCCCCCCCCCCCCC(=O)On1c(-c2cc(S(=O)(=O)N3CCN(C)CC3)ccc2OCC)nc(=O)c2c1c(CCC)nn2C. The first-order valence-electron chi connectivity index (χ1n) is 18.8. The van der Waals surface area contributed by atoms with Crippen LogP contribution in [0.1, 0.15) is 116 Å². The van der Waals surface area contributed by atoms with Crippen molar-refractivity contribution in [3.8, 4) is 17.1 Å². The van der Waals surface area contributed by atoms with Crippen molar-refractivity contribution in [1.29, 1.82) is 0 Å². The van der Waals surface area contributed by atoms with Gasteiger partial charge in [-0.25, -0.2) is 13.2 Å². The third kappa shape index (κ3) is 10.2. The molecule has 278 valence electrons. The Bertz CT molecular complexity index is 1710. The summed E-state index contributed by atoms with van der Waals surface area (Å²) in [6.45, 7) is 8.32. The Morgan fingerprint density at radius 2 is 1.44 bits per heavy atom. The van der Waals surface area contributed by atoms with E-state index in [1.165, 1.54) is 77.2 Å². The largest absolute Gasteiger partial charge is 0.493 e. The predicted octanol–water partition coefficient (Wildman–Crippen LogP) is 6.13. The van der Waals surface area contributed by atoms with Crippen LogP contribution in [0.15, 0.2) is 27.9 Å². The first-order valence-corrected chi connectivity index (χ1v) is 20.2. The number of likely N-dealkylation sites (N-methyl/N-ethyl adjacent to an activating group) is 1. The molecule has 1 saturated heterocycles. The number of ether oxygens (including phenoxy) is 1. The molecule has 2 aromatic heterocycles. The number of piperazine rings is 1. The zero-order valence-corrected chi connectivity index (χ0v) is 31.7. The van der Waals surface area contributed by atoms with Gasteiger partial charge in [0.1, 0.15) is 11.3 Å². The van der Waals surface area contributed by atoms with Crippen molar-refractivity contribution in [3.63, 3.8) is 0 Å². The van der Waals surface area contributed by atoms with Gasteiger partial charge in [-0.15, -0.1) is 0 Å². The highest BCUT2D eigenvalue weighted by atomic mass is 32.2. The highest BCUT2D eigenvalue weighted by Gasteiger charge is 2.30. The lowest BCUT2D eigenvalue weighted by Crippen LogP contribution is -2.47. The number of carbonyl (C=O) groups excluding carboxylic acids is 1. The molecule has 0 spiro atoms. The number of aryl methyl sites for hydroxylation is 2. The summed E-state index contributed by atoms with van der Waals surface area (Å²) in [4.78, 5) is 39.6. The molecule has 1 aromatic carbocycles. The number of unbranched alkanes of at least 4 members (excludes halogenated alkanes) is 11. The van der Waals surface area contributed by atoms with E-state index in [9.17, 15) is 18.0 Å². The van der Waals surface area contributed by atoms with E-state index >= 15 is 0 Å². The molecule has 13 heteroatoms. The monoisotopic (exact) mass is 714 g/mol. The Labute approximate surface area is 298 Å². The molecule has 0 bridgehead atoms. The minimum atomic E-state index is -3.87. The van der Waals surface area contributed by atoms with Gasteiger partial charge >= 0.3 is 5.97 Å². The maximum Gasteiger partial charge on any atom is 0.333 e. The second-order valence-electron chi connectivity index (χ2n) is 13.5. The minimum Gasteiger partial charge on any atom is -0.493 e.